The van der Waals surface area contributed by atoms with E-state index in [1.165, 1.54) is 35.4 Å². The molecule has 2 heteroatoms. The number of halogens is 1. The monoisotopic (exact) mass is 288 g/mol. The van der Waals surface area contributed by atoms with Gasteiger partial charge < -0.3 is 0 Å². The highest BCUT2D eigenvalue weighted by Crippen LogP contribution is 2.39. The minimum Gasteiger partial charge on any atom is -0.145 e. The zero-order chi connectivity index (χ0) is 11.3. The number of hydrogen-bond donors (Lipinski definition) is 0. The van der Waals surface area contributed by atoms with Gasteiger partial charge in [0.2, 0.25) is 0 Å². The number of rotatable bonds is 6. The van der Waals surface area contributed by atoms with E-state index in [9.17, 15) is 0 Å². The van der Waals surface area contributed by atoms with Crippen molar-refractivity contribution in [1.29, 1.82) is 0 Å². The molecule has 0 radical (unpaired) electrons. The lowest BCUT2D eigenvalue weighted by atomic mass is 9.95. The fraction of sp³-hybridized carbons (Fsp3) is 0.692. The van der Waals surface area contributed by atoms with E-state index in [4.69, 9.17) is 0 Å². The van der Waals surface area contributed by atoms with Crippen LogP contribution in [0.3, 0.4) is 0 Å². The van der Waals surface area contributed by atoms with Crippen molar-refractivity contribution >= 4 is 27.3 Å². The highest BCUT2D eigenvalue weighted by atomic mass is 79.9. The van der Waals surface area contributed by atoms with Crippen LogP contribution in [0.5, 0.6) is 0 Å². The lowest BCUT2D eigenvalue weighted by Gasteiger charge is -2.19. The lowest BCUT2D eigenvalue weighted by Crippen LogP contribution is -2.05. The van der Waals surface area contributed by atoms with Crippen LogP contribution in [-0.4, -0.2) is 0 Å². The van der Waals surface area contributed by atoms with Crippen molar-refractivity contribution in [1.82, 2.24) is 0 Å². The van der Waals surface area contributed by atoms with Gasteiger partial charge in [-0.2, -0.15) is 0 Å². The Morgan fingerprint density at radius 3 is 2.53 bits per heavy atom. The normalized spacial score (nSPS) is 15.2. The second-order valence-corrected chi connectivity index (χ2v) is 6.47. The maximum atomic E-state index is 3.87. The topological polar surface area (TPSA) is 0 Å². The Hall–Kier alpha value is 0.180. The first-order chi connectivity index (χ1) is 7.19. The highest BCUT2D eigenvalue weighted by molar-refractivity contribution is 9.09. The third-order valence-electron chi connectivity index (χ3n) is 2.90. The van der Waals surface area contributed by atoms with Crippen LogP contribution in [0.15, 0.2) is 12.1 Å². The second kappa shape index (κ2) is 6.70. The number of unbranched alkanes of at least 4 members (excludes halogenated alkanes) is 1. The van der Waals surface area contributed by atoms with E-state index in [2.05, 4.69) is 48.8 Å². The first kappa shape index (κ1) is 13.2. The highest BCUT2D eigenvalue weighted by Gasteiger charge is 2.19. The number of aryl methyl sites for hydroxylation is 1. The standard InChI is InChI=1S/C13H21BrS/c1-4-6-7-11(5-2)13(14)12-9-8-10(3)15-12/h8-9,11,13H,4-7H2,1-3H3. The maximum absolute atomic E-state index is 3.87. The zero-order valence-corrected chi connectivity index (χ0v) is 12.3. The van der Waals surface area contributed by atoms with Gasteiger partial charge in [0.15, 0.2) is 0 Å². The summed E-state index contributed by atoms with van der Waals surface area (Å²) < 4.78 is 0. The molecule has 0 bridgehead atoms. The number of alkyl halides is 1. The predicted octanol–water partition coefficient (Wildman–Crippen LogP) is 5.71. The third-order valence-corrected chi connectivity index (χ3v) is 5.53. The van der Waals surface area contributed by atoms with Crippen molar-refractivity contribution in [3.63, 3.8) is 0 Å². The van der Waals surface area contributed by atoms with Crippen molar-refractivity contribution in [3.8, 4) is 0 Å². The van der Waals surface area contributed by atoms with Crippen molar-refractivity contribution < 1.29 is 0 Å². The molecule has 2 unspecified atom stereocenters. The molecule has 0 amide bonds. The summed E-state index contributed by atoms with van der Waals surface area (Å²) in [6.07, 6.45) is 5.28. The van der Waals surface area contributed by atoms with E-state index in [1.54, 1.807) is 0 Å². The molecule has 0 N–H and O–H groups in total. The molecule has 0 saturated heterocycles. The molecule has 0 aliphatic heterocycles. The van der Waals surface area contributed by atoms with Crippen LogP contribution in [0, 0.1) is 12.8 Å². The molecule has 0 spiro atoms. The van der Waals surface area contributed by atoms with E-state index >= 15 is 0 Å². The maximum Gasteiger partial charge on any atom is 0.0517 e. The van der Waals surface area contributed by atoms with Crippen LogP contribution in [0.25, 0.3) is 0 Å². The molecule has 0 nitrogen and oxygen atoms in total. The molecule has 0 saturated carbocycles. The van der Waals surface area contributed by atoms with Crippen molar-refractivity contribution in [2.75, 3.05) is 0 Å². The molecule has 2 atom stereocenters. The fourth-order valence-corrected chi connectivity index (χ4v) is 3.88. The van der Waals surface area contributed by atoms with Crippen molar-refractivity contribution in [2.24, 2.45) is 5.92 Å². The average molecular weight is 289 g/mol. The summed E-state index contributed by atoms with van der Waals surface area (Å²) in [4.78, 5) is 3.47. The second-order valence-electron chi connectivity index (χ2n) is 4.16. The van der Waals surface area contributed by atoms with E-state index in [1.807, 2.05) is 11.3 Å². The first-order valence-corrected chi connectivity index (χ1v) is 7.62. The fourth-order valence-electron chi connectivity index (χ4n) is 1.86. The lowest BCUT2D eigenvalue weighted by molar-refractivity contribution is 0.449. The van der Waals surface area contributed by atoms with Gasteiger partial charge in [-0.15, -0.1) is 11.3 Å². The molecule has 1 aromatic rings. The van der Waals surface area contributed by atoms with Gasteiger partial charge in [-0.3, -0.25) is 0 Å². The molecular weight excluding hydrogens is 268 g/mol. The van der Waals surface area contributed by atoms with E-state index < -0.39 is 0 Å². The minimum absolute atomic E-state index is 0.563. The summed E-state index contributed by atoms with van der Waals surface area (Å²) in [6.45, 7) is 6.75. The van der Waals surface area contributed by atoms with Gasteiger partial charge in [-0.25, -0.2) is 0 Å². The molecule has 0 aliphatic carbocycles. The van der Waals surface area contributed by atoms with Gasteiger partial charge in [-0.1, -0.05) is 49.0 Å². The van der Waals surface area contributed by atoms with Crippen LogP contribution in [0.4, 0.5) is 0 Å². The Balaban J connectivity index is 2.59. The van der Waals surface area contributed by atoms with E-state index in [-0.39, 0.29) is 0 Å². The van der Waals surface area contributed by atoms with Gasteiger partial charge in [0.1, 0.15) is 0 Å². The minimum atomic E-state index is 0.563. The Bertz CT molecular complexity index is 280. The quantitative estimate of drug-likeness (QED) is 0.588. The Labute approximate surface area is 106 Å². The predicted molar refractivity (Wildman–Crippen MR) is 74.0 cm³/mol. The average Bonchev–Trinajstić information content (AvgIpc) is 2.65. The molecule has 15 heavy (non-hydrogen) atoms. The van der Waals surface area contributed by atoms with E-state index in [0.717, 1.165) is 5.92 Å². The number of thiophene rings is 1. The molecule has 1 aromatic heterocycles. The van der Waals surface area contributed by atoms with Crippen LogP contribution >= 0.6 is 27.3 Å². The summed E-state index contributed by atoms with van der Waals surface area (Å²) in [5, 5.41) is 0. The van der Waals surface area contributed by atoms with Gasteiger partial charge in [-0.05, 0) is 31.4 Å². The molecule has 0 aromatic carbocycles. The largest absolute Gasteiger partial charge is 0.145 e. The third kappa shape index (κ3) is 3.92. The van der Waals surface area contributed by atoms with Gasteiger partial charge in [0.25, 0.3) is 0 Å². The summed E-state index contributed by atoms with van der Waals surface area (Å²) in [5.41, 5.74) is 0. The summed E-state index contributed by atoms with van der Waals surface area (Å²) in [5.74, 6) is 0.794. The summed E-state index contributed by atoms with van der Waals surface area (Å²) in [7, 11) is 0. The van der Waals surface area contributed by atoms with Crippen LogP contribution in [-0.2, 0) is 0 Å². The van der Waals surface area contributed by atoms with Crippen molar-refractivity contribution in [2.45, 2.75) is 51.3 Å². The molecule has 1 heterocycles. The number of hydrogen-bond acceptors (Lipinski definition) is 1. The zero-order valence-electron chi connectivity index (χ0n) is 9.92. The summed E-state index contributed by atoms with van der Waals surface area (Å²) in [6, 6.07) is 4.49. The Morgan fingerprint density at radius 2 is 2.07 bits per heavy atom. The van der Waals surface area contributed by atoms with E-state index in [0.29, 0.717) is 4.83 Å². The Morgan fingerprint density at radius 1 is 1.33 bits per heavy atom. The molecule has 0 aliphatic rings. The van der Waals surface area contributed by atoms with Crippen LogP contribution in [0.2, 0.25) is 0 Å². The first-order valence-electron chi connectivity index (χ1n) is 5.89. The SMILES string of the molecule is CCCCC(CC)C(Br)c1ccc(C)s1. The molecule has 1 rings (SSSR count). The van der Waals surface area contributed by atoms with Crippen LogP contribution in [0.1, 0.15) is 54.1 Å². The summed E-state index contributed by atoms with van der Waals surface area (Å²) >= 11 is 5.79. The van der Waals surface area contributed by atoms with Crippen LogP contribution < -0.4 is 0 Å². The van der Waals surface area contributed by atoms with Gasteiger partial charge in [0, 0.05) is 9.75 Å². The Kier molecular flexibility index (Phi) is 5.91. The molecule has 0 fully saturated rings. The van der Waals surface area contributed by atoms with Gasteiger partial charge in [0.05, 0.1) is 4.83 Å². The van der Waals surface area contributed by atoms with Crippen molar-refractivity contribution in [3.05, 3.63) is 21.9 Å². The molecular formula is C13H21BrS. The smallest absolute Gasteiger partial charge is 0.0517 e. The van der Waals surface area contributed by atoms with Gasteiger partial charge >= 0.3 is 0 Å². The molecule has 86 valence electrons.